The zero-order valence-electron chi connectivity index (χ0n) is 13.6. The van der Waals surface area contributed by atoms with E-state index >= 15 is 0 Å². The Morgan fingerprint density at radius 2 is 2.08 bits per heavy atom. The number of carbonyl (C=O) groups is 1. The van der Waals surface area contributed by atoms with Crippen LogP contribution in [0.4, 0.5) is 4.79 Å². The largest absolute Gasteiger partial charge is 0.338 e. The molecule has 0 spiro atoms. The fourth-order valence-corrected chi connectivity index (χ4v) is 3.73. The Kier molecular flexibility index (Phi) is 6.12. The minimum Gasteiger partial charge on any atom is -0.338 e. The van der Waals surface area contributed by atoms with Crippen molar-refractivity contribution in [3.63, 3.8) is 0 Å². The summed E-state index contributed by atoms with van der Waals surface area (Å²) in [6.45, 7) is 2.27. The van der Waals surface area contributed by atoms with Crippen molar-refractivity contribution in [3.05, 3.63) is 42.5 Å². The van der Waals surface area contributed by atoms with Crippen LogP contribution in [0.15, 0.2) is 41.6 Å². The number of hydrogen-bond donors (Lipinski definition) is 2. The molecule has 0 bridgehead atoms. The number of rotatable bonds is 6. The Labute approximate surface area is 146 Å². The molecule has 2 heterocycles. The normalized spacial score (nSPS) is 15.4. The van der Waals surface area contributed by atoms with Crippen LogP contribution in [0.1, 0.15) is 31.0 Å². The van der Waals surface area contributed by atoms with Gasteiger partial charge in [-0.3, -0.25) is 5.10 Å². The lowest BCUT2D eigenvalue weighted by Crippen LogP contribution is -2.44. The van der Waals surface area contributed by atoms with E-state index < -0.39 is 0 Å². The number of thioether (sulfide) groups is 1. The highest BCUT2D eigenvalue weighted by Crippen LogP contribution is 2.24. The van der Waals surface area contributed by atoms with Gasteiger partial charge in [-0.2, -0.15) is 5.10 Å². The molecule has 0 radical (unpaired) electrons. The fourth-order valence-electron chi connectivity index (χ4n) is 2.85. The van der Waals surface area contributed by atoms with E-state index in [0.29, 0.717) is 5.92 Å². The molecule has 0 atom stereocenters. The van der Waals surface area contributed by atoms with Crippen molar-refractivity contribution in [2.45, 2.75) is 30.1 Å². The van der Waals surface area contributed by atoms with Gasteiger partial charge in [0.1, 0.15) is 12.2 Å². The molecule has 0 saturated carbocycles. The van der Waals surface area contributed by atoms with Crippen molar-refractivity contribution in [1.82, 2.24) is 25.4 Å². The van der Waals surface area contributed by atoms with Crippen LogP contribution in [0, 0.1) is 0 Å². The first kappa shape index (κ1) is 16.8. The highest BCUT2D eigenvalue weighted by molar-refractivity contribution is 7.99. The van der Waals surface area contributed by atoms with Gasteiger partial charge in [0.25, 0.3) is 0 Å². The third-order valence-electron chi connectivity index (χ3n) is 4.21. The zero-order chi connectivity index (χ0) is 16.6. The molecule has 24 heavy (non-hydrogen) atoms. The minimum absolute atomic E-state index is 0.0516. The Balaban J connectivity index is 1.30. The van der Waals surface area contributed by atoms with Crippen molar-refractivity contribution < 1.29 is 4.79 Å². The molecule has 1 saturated heterocycles. The summed E-state index contributed by atoms with van der Waals surface area (Å²) in [7, 11) is 0. The molecule has 2 aromatic rings. The second-order valence-electron chi connectivity index (χ2n) is 5.88. The lowest BCUT2D eigenvalue weighted by Gasteiger charge is -2.31. The molecule has 2 N–H and O–H groups in total. The summed E-state index contributed by atoms with van der Waals surface area (Å²) >= 11 is 1.83. The van der Waals surface area contributed by atoms with E-state index in [2.05, 4.69) is 32.6 Å². The van der Waals surface area contributed by atoms with Crippen molar-refractivity contribution >= 4 is 17.8 Å². The number of aromatic nitrogens is 3. The predicted molar refractivity (Wildman–Crippen MR) is 95.1 cm³/mol. The lowest BCUT2D eigenvalue weighted by molar-refractivity contribution is 0.180. The van der Waals surface area contributed by atoms with Gasteiger partial charge in [0.2, 0.25) is 0 Å². The molecule has 6 nitrogen and oxygen atoms in total. The van der Waals surface area contributed by atoms with E-state index in [0.717, 1.165) is 50.5 Å². The standard InChI is InChI=1S/C17H23N5OS/c23-17(18-9-4-12-24-15-5-2-1-3-6-15)22-10-7-14(8-11-22)16-19-13-20-21-16/h1-3,5-6,13-14H,4,7-12H2,(H,18,23)(H,19,20,21). The van der Waals surface area contributed by atoms with Crippen molar-refractivity contribution in [1.29, 1.82) is 0 Å². The highest BCUT2D eigenvalue weighted by Gasteiger charge is 2.25. The van der Waals surface area contributed by atoms with E-state index in [1.54, 1.807) is 6.33 Å². The number of likely N-dealkylation sites (tertiary alicyclic amines) is 1. The molecule has 3 rings (SSSR count). The Morgan fingerprint density at radius 1 is 1.29 bits per heavy atom. The maximum atomic E-state index is 12.2. The van der Waals surface area contributed by atoms with Crippen LogP contribution >= 0.6 is 11.8 Å². The van der Waals surface area contributed by atoms with Gasteiger partial charge < -0.3 is 10.2 Å². The third-order valence-corrected chi connectivity index (χ3v) is 5.31. The number of hydrogen-bond acceptors (Lipinski definition) is 4. The van der Waals surface area contributed by atoms with Crippen molar-refractivity contribution in [2.24, 2.45) is 0 Å². The molecule has 0 aliphatic carbocycles. The number of amides is 2. The predicted octanol–water partition coefficient (Wildman–Crippen LogP) is 2.88. The van der Waals surface area contributed by atoms with Gasteiger partial charge >= 0.3 is 6.03 Å². The van der Waals surface area contributed by atoms with Crippen molar-refractivity contribution in [2.75, 3.05) is 25.4 Å². The molecule has 2 amide bonds. The second-order valence-corrected chi connectivity index (χ2v) is 7.05. The fraction of sp³-hybridized carbons (Fsp3) is 0.471. The molecule has 1 aromatic heterocycles. The summed E-state index contributed by atoms with van der Waals surface area (Å²) < 4.78 is 0. The van der Waals surface area contributed by atoms with Gasteiger partial charge in [-0.25, -0.2) is 9.78 Å². The molecular weight excluding hydrogens is 322 g/mol. The number of piperidine rings is 1. The summed E-state index contributed by atoms with van der Waals surface area (Å²) in [5, 5.41) is 9.86. The SMILES string of the molecule is O=C(NCCCSc1ccccc1)N1CCC(c2ncn[nH]2)CC1. The quantitative estimate of drug-likeness (QED) is 0.624. The van der Waals surface area contributed by atoms with Gasteiger partial charge in [0, 0.05) is 30.4 Å². The van der Waals surface area contributed by atoms with E-state index in [1.807, 2.05) is 34.9 Å². The van der Waals surface area contributed by atoms with Crippen LogP contribution in [-0.2, 0) is 0 Å². The monoisotopic (exact) mass is 345 g/mol. The molecule has 1 fully saturated rings. The summed E-state index contributed by atoms with van der Waals surface area (Å²) in [5.74, 6) is 2.34. The first-order valence-electron chi connectivity index (χ1n) is 8.39. The first-order chi connectivity index (χ1) is 11.8. The lowest BCUT2D eigenvalue weighted by atomic mass is 9.96. The van der Waals surface area contributed by atoms with E-state index in [9.17, 15) is 4.79 Å². The Hall–Kier alpha value is -2.02. The molecule has 128 valence electrons. The van der Waals surface area contributed by atoms with Gasteiger partial charge in [0.05, 0.1) is 0 Å². The maximum Gasteiger partial charge on any atom is 0.317 e. The molecule has 1 aliphatic rings. The van der Waals surface area contributed by atoms with E-state index in [-0.39, 0.29) is 6.03 Å². The Morgan fingerprint density at radius 3 is 2.79 bits per heavy atom. The zero-order valence-corrected chi connectivity index (χ0v) is 14.5. The Bertz CT molecular complexity index is 611. The minimum atomic E-state index is 0.0516. The maximum absolute atomic E-state index is 12.2. The van der Waals surface area contributed by atoms with Gasteiger partial charge in [0.15, 0.2) is 0 Å². The van der Waals surface area contributed by atoms with Crippen molar-refractivity contribution in [3.8, 4) is 0 Å². The van der Waals surface area contributed by atoms with Crippen LogP contribution in [-0.4, -0.2) is 51.5 Å². The number of nitrogens with zero attached hydrogens (tertiary/aromatic N) is 3. The number of carbonyl (C=O) groups excluding carboxylic acids is 1. The molecule has 1 aliphatic heterocycles. The van der Waals surface area contributed by atoms with Gasteiger partial charge in [-0.1, -0.05) is 18.2 Å². The summed E-state index contributed by atoms with van der Waals surface area (Å²) in [6.07, 6.45) is 4.39. The topological polar surface area (TPSA) is 73.9 Å². The van der Waals surface area contributed by atoms with Crippen LogP contribution in [0.3, 0.4) is 0 Å². The van der Waals surface area contributed by atoms with Crippen LogP contribution in [0.25, 0.3) is 0 Å². The smallest absolute Gasteiger partial charge is 0.317 e. The average Bonchev–Trinajstić information content (AvgIpc) is 3.17. The van der Waals surface area contributed by atoms with Gasteiger partial charge in [-0.15, -0.1) is 11.8 Å². The third kappa shape index (κ3) is 4.74. The van der Waals surface area contributed by atoms with Gasteiger partial charge in [-0.05, 0) is 37.1 Å². The van der Waals surface area contributed by atoms with E-state index in [4.69, 9.17) is 0 Å². The van der Waals surface area contributed by atoms with E-state index in [1.165, 1.54) is 4.90 Å². The first-order valence-corrected chi connectivity index (χ1v) is 9.37. The summed E-state index contributed by atoms with van der Waals surface area (Å²) in [4.78, 5) is 19.6. The summed E-state index contributed by atoms with van der Waals surface area (Å²) in [6, 6.07) is 10.4. The number of benzene rings is 1. The summed E-state index contributed by atoms with van der Waals surface area (Å²) in [5.41, 5.74) is 0. The number of H-pyrrole nitrogens is 1. The highest BCUT2D eigenvalue weighted by atomic mass is 32.2. The van der Waals surface area contributed by atoms with Crippen LogP contribution in [0.2, 0.25) is 0 Å². The second kappa shape index (κ2) is 8.73. The number of urea groups is 1. The molecule has 0 unspecified atom stereocenters. The molecule has 7 heteroatoms. The average molecular weight is 345 g/mol. The molecule has 1 aromatic carbocycles. The van der Waals surface area contributed by atoms with Crippen LogP contribution in [0.5, 0.6) is 0 Å². The number of nitrogens with one attached hydrogen (secondary N) is 2. The molecular formula is C17H23N5OS. The van der Waals surface area contributed by atoms with Crippen LogP contribution < -0.4 is 5.32 Å². The number of aromatic amines is 1.